The second-order valence-electron chi connectivity index (χ2n) is 10.6. The van der Waals surface area contributed by atoms with E-state index >= 15 is 0 Å². The van der Waals surface area contributed by atoms with E-state index in [4.69, 9.17) is 51.1 Å². The summed E-state index contributed by atoms with van der Waals surface area (Å²) in [5, 5.41) is 1.82. The summed E-state index contributed by atoms with van der Waals surface area (Å²) in [4.78, 5) is 17.4. The second kappa shape index (κ2) is 11.8. The molecule has 39 heavy (non-hydrogen) atoms. The predicted octanol–water partition coefficient (Wildman–Crippen LogP) is 8.11. The summed E-state index contributed by atoms with van der Waals surface area (Å²) in [6, 6.07) is 15.3. The molecule has 1 unspecified atom stereocenters. The number of ether oxygens (including phenoxy) is 1. The fourth-order valence-corrected chi connectivity index (χ4v) is 6.57. The van der Waals surface area contributed by atoms with E-state index < -0.39 is 0 Å². The molecule has 1 amide bonds. The van der Waals surface area contributed by atoms with Gasteiger partial charge in [0.2, 0.25) is 0 Å². The molecule has 1 saturated heterocycles. The van der Waals surface area contributed by atoms with Crippen LogP contribution in [-0.4, -0.2) is 55.5 Å². The van der Waals surface area contributed by atoms with Gasteiger partial charge in [0.25, 0.3) is 5.91 Å². The van der Waals surface area contributed by atoms with Crippen molar-refractivity contribution in [2.45, 2.75) is 30.6 Å². The highest BCUT2D eigenvalue weighted by Gasteiger charge is 2.43. The molecule has 3 aromatic rings. The Morgan fingerprint density at radius 1 is 1.00 bits per heavy atom. The molecule has 0 N–H and O–H groups in total. The van der Waals surface area contributed by atoms with E-state index in [2.05, 4.69) is 4.90 Å². The number of fused-ring (bicyclic) bond motifs is 2. The van der Waals surface area contributed by atoms with Crippen LogP contribution >= 0.6 is 46.4 Å². The third kappa shape index (κ3) is 6.34. The minimum absolute atomic E-state index is 0.0314. The van der Waals surface area contributed by atoms with Crippen LogP contribution in [0.25, 0.3) is 0 Å². The van der Waals surface area contributed by atoms with E-state index in [1.807, 2.05) is 12.1 Å². The minimum Gasteiger partial charge on any atom is -0.492 e. The van der Waals surface area contributed by atoms with Gasteiger partial charge in [0.05, 0.1) is 16.7 Å². The van der Waals surface area contributed by atoms with Crippen LogP contribution in [0.1, 0.15) is 46.7 Å². The van der Waals surface area contributed by atoms with Crippen LogP contribution in [-0.2, 0) is 5.41 Å². The number of hydrogen-bond acceptors (Lipinski definition) is 3. The van der Waals surface area contributed by atoms with E-state index in [1.165, 1.54) is 6.07 Å². The Morgan fingerprint density at radius 2 is 1.72 bits per heavy atom. The molecule has 0 aliphatic carbocycles. The van der Waals surface area contributed by atoms with Crippen molar-refractivity contribution in [3.63, 3.8) is 0 Å². The summed E-state index contributed by atoms with van der Waals surface area (Å²) < 4.78 is 19.9. The smallest absolute Gasteiger partial charge is 0.253 e. The molecule has 0 radical (unpaired) electrons. The van der Waals surface area contributed by atoms with Gasteiger partial charge in [-0.05, 0) is 93.0 Å². The molecule has 0 saturated carbocycles. The first-order valence-electron chi connectivity index (χ1n) is 13.0. The molecule has 2 heterocycles. The predicted molar refractivity (Wildman–Crippen MR) is 156 cm³/mol. The number of carbonyl (C=O) groups is 1. The van der Waals surface area contributed by atoms with Crippen molar-refractivity contribution in [3.8, 4) is 5.75 Å². The Balaban J connectivity index is 1.27. The molecule has 1 spiro atoms. The number of piperidine rings is 1. The number of nitrogens with zero attached hydrogens (tertiary/aromatic N) is 2. The Bertz CT molecular complexity index is 1360. The zero-order valence-electron chi connectivity index (χ0n) is 21.5. The monoisotopic (exact) mass is 608 g/mol. The SMILES string of the molecule is CN(CC(CCN1CCC2(CC1)COc1ccc(F)cc12)c1ccc(Cl)c(Cl)c1)C(=O)c1cc(Cl)cc(Cl)c1. The van der Waals surface area contributed by atoms with E-state index in [9.17, 15) is 9.18 Å². The van der Waals surface area contributed by atoms with Crippen molar-refractivity contribution in [1.82, 2.24) is 9.80 Å². The second-order valence-corrected chi connectivity index (χ2v) is 12.2. The van der Waals surface area contributed by atoms with Crippen LogP contribution in [0.3, 0.4) is 0 Å². The third-order valence-electron chi connectivity index (χ3n) is 7.99. The minimum atomic E-state index is -0.218. The van der Waals surface area contributed by atoms with Crippen molar-refractivity contribution in [1.29, 1.82) is 0 Å². The number of likely N-dealkylation sites (N-methyl/N-ethyl adjacent to an activating group) is 1. The quantitative estimate of drug-likeness (QED) is 0.271. The number of amides is 1. The first-order valence-corrected chi connectivity index (χ1v) is 14.5. The van der Waals surface area contributed by atoms with Crippen molar-refractivity contribution in [2.75, 3.05) is 39.8 Å². The highest BCUT2D eigenvalue weighted by molar-refractivity contribution is 6.42. The fraction of sp³-hybridized carbons (Fsp3) is 0.367. The number of likely N-dealkylation sites (tertiary alicyclic amines) is 1. The fourth-order valence-electron chi connectivity index (χ4n) is 5.73. The average Bonchev–Trinajstić information content (AvgIpc) is 3.25. The number of benzene rings is 3. The Hall–Kier alpha value is -2.02. The molecule has 1 fully saturated rings. The van der Waals surface area contributed by atoms with Crippen LogP contribution in [0, 0.1) is 5.82 Å². The van der Waals surface area contributed by atoms with Crippen molar-refractivity contribution in [3.05, 3.63) is 97.2 Å². The summed E-state index contributed by atoms with van der Waals surface area (Å²) >= 11 is 24.8. The van der Waals surface area contributed by atoms with Gasteiger partial charge in [-0.25, -0.2) is 4.39 Å². The van der Waals surface area contributed by atoms with Crippen LogP contribution in [0.15, 0.2) is 54.6 Å². The third-order valence-corrected chi connectivity index (χ3v) is 9.16. The molecule has 9 heteroatoms. The number of rotatable bonds is 7. The molecule has 2 aliphatic heterocycles. The zero-order valence-corrected chi connectivity index (χ0v) is 24.6. The lowest BCUT2D eigenvalue weighted by atomic mass is 9.74. The van der Waals surface area contributed by atoms with Crippen molar-refractivity contribution < 1.29 is 13.9 Å². The first kappa shape index (κ1) is 28.5. The molecule has 2 aliphatic rings. The van der Waals surface area contributed by atoms with Crippen LogP contribution in [0.2, 0.25) is 20.1 Å². The molecule has 206 valence electrons. The Labute approximate surface area is 248 Å². The topological polar surface area (TPSA) is 32.8 Å². The van der Waals surface area contributed by atoms with Gasteiger partial charge in [-0.1, -0.05) is 52.5 Å². The van der Waals surface area contributed by atoms with E-state index in [1.54, 1.807) is 48.3 Å². The zero-order chi connectivity index (χ0) is 27.7. The molecule has 1 atom stereocenters. The van der Waals surface area contributed by atoms with Gasteiger partial charge in [-0.2, -0.15) is 0 Å². The molecule has 0 aromatic heterocycles. The maximum atomic E-state index is 14.0. The highest BCUT2D eigenvalue weighted by atomic mass is 35.5. The normalized spacial score (nSPS) is 17.1. The van der Waals surface area contributed by atoms with Crippen LogP contribution < -0.4 is 4.74 Å². The van der Waals surface area contributed by atoms with Crippen LogP contribution in [0.4, 0.5) is 4.39 Å². The lowest BCUT2D eigenvalue weighted by Gasteiger charge is -2.39. The summed E-state index contributed by atoms with van der Waals surface area (Å²) in [6.45, 7) is 3.72. The van der Waals surface area contributed by atoms with Gasteiger partial charge < -0.3 is 14.5 Å². The van der Waals surface area contributed by atoms with Gasteiger partial charge >= 0.3 is 0 Å². The Kier molecular flexibility index (Phi) is 8.65. The largest absolute Gasteiger partial charge is 0.492 e. The lowest BCUT2D eigenvalue weighted by Crippen LogP contribution is -2.44. The highest BCUT2D eigenvalue weighted by Crippen LogP contribution is 2.45. The van der Waals surface area contributed by atoms with E-state index in [0.717, 1.165) is 55.8 Å². The van der Waals surface area contributed by atoms with Gasteiger partial charge in [-0.3, -0.25) is 4.79 Å². The van der Waals surface area contributed by atoms with E-state index in [0.29, 0.717) is 38.8 Å². The average molecular weight is 610 g/mol. The summed E-state index contributed by atoms with van der Waals surface area (Å²) in [5.41, 5.74) is 2.34. The van der Waals surface area contributed by atoms with E-state index in [-0.39, 0.29) is 23.1 Å². The molecule has 4 nitrogen and oxygen atoms in total. The van der Waals surface area contributed by atoms with Crippen LogP contribution in [0.5, 0.6) is 5.75 Å². The summed E-state index contributed by atoms with van der Waals surface area (Å²) in [5.74, 6) is 0.461. The number of halogens is 5. The van der Waals surface area contributed by atoms with Gasteiger partial charge in [0.15, 0.2) is 0 Å². The molecule has 3 aromatic carbocycles. The standard InChI is InChI=1S/C30H29Cl4FN2O2/c1-36(29(38)21-12-22(31)15-23(32)13-21)17-20(19-2-4-26(33)27(34)14-19)6-9-37-10-7-30(8-11-37)18-39-28-5-3-24(35)16-25(28)30/h2-5,12-16,20H,6-11,17-18H2,1H3. The van der Waals surface area contributed by atoms with Gasteiger partial charge in [-0.15, -0.1) is 0 Å². The van der Waals surface area contributed by atoms with Crippen molar-refractivity contribution >= 4 is 52.3 Å². The molecule has 5 rings (SSSR count). The van der Waals surface area contributed by atoms with Crippen molar-refractivity contribution in [2.24, 2.45) is 0 Å². The molecule has 0 bridgehead atoms. The number of hydrogen-bond donors (Lipinski definition) is 0. The number of carbonyl (C=O) groups excluding carboxylic acids is 1. The first-order chi connectivity index (χ1) is 18.6. The molecular weight excluding hydrogens is 581 g/mol. The van der Waals surface area contributed by atoms with Gasteiger partial charge in [0, 0.05) is 46.1 Å². The summed E-state index contributed by atoms with van der Waals surface area (Å²) in [7, 11) is 1.78. The summed E-state index contributed by atoms with van der Waals surface area (Å²) in [6.07, 6.45) is 2.64. The maximum Gasteiger partial charge on any atom is 0.253 e. The lowest BCUT2D eigenvalue weighted by molar-refractivity contribution is 0.0779. The Morgan fingerprint density at radius 3 is 2.41 bits per heavy atom. The maximum absolute atomic E-state index is 14.0. The van der Waals surface area contributed by atoms with Gasteiger partial charge in [0.1, 0.15) is 11.6 Å². The molecular formula is C30H29Cl4FN2O2.